The third-order valence-electron chi connectivity index (χ3n) is 18.7. The third kappa shape index (κ3) is 54.5. The Morgan fingerprint density at radius 1 is 0.154 bits per heavy atom. The van der Waals surface area contributed by atoms with Gasteiger partial charge in [0.2, 0.25) is 0 Å². The fourth-order valence-corrected chi connectivity index (χ4v) is 13.3. The van der Waals surface area contributed by atoms with Crippen molar-refractivity contribution in [1.82, 2.24) is 0 Å². The molecule has 1 aromatic rings. The summed E-state index contributed by atoms with van der Waals surface area (Å²) < 4.78 is 0. The van der Waals surface area contributed by atoms with Crippen LogP contribution in [0.1, 0.15) is 461 Å². The van der Waals surface area contributed by atoms with Gasteiger partial charge in [-0.1, -0.05) is 431 Å². The molecule has 0 radical (unpaired) electrons. The smallest absolute Gasteiger partial charge is 0.0273 e. The van der Waals surface area contributed by atoms with E-state index in [0.717, 1.165) is 0 Å². The van der Waals surface area contributed by atoms with Crippen LogP contribution >= 0.6 is 0 Å². The van der Waals surface area contributed by atoms with Crippen LogP contribution in [0.2, 0.25) is 0 Å². The first-order chi connectivity index (χ1) is 38.8. The lowest BCUT2D eigenvalue weighted by Gasteiger charge is -2.18. The lowest BCUT2D eigenvalue weighted by molar-refractivity contribution is 0.519. The minimum absolute atomic E-state index is 1.26. The van der Waals surface area contributed by atoms with E-state index < -0.39 is 0 Å². The fraction of sp³-hybridized carbons (Fsp3) is 0.923. The van der Waals surface area contributed by atoms with E-state index in [0.29, 0.717) is 0 Å². The van der Waals surface area contributed by atoms with Crippen molar-refractivity contribution < 1.29 is 0 Å². The minimum Gasteiger partial charge on any atom is -0.0654 e. The van der Waals surface area contributed by atoms with Gasteiger partial charge in [0, 0.05) is 0 Å². The molecule has 0 unspecified atom stereocenters. The van der Waals surface area contributed by atoms with Gasteiger partial charge in [0.25, 0.3) is 0 Å². The van der Waals surface area contributed by atoms with Crippen molar-refractivity contribution in [3.8, 4) is 0 Å². The van der Waals surface area contributed by atoms with Crippen LogP contribution in [-0.4, -0.2) is 0 Å². The van der Waals surface area contributed by atoms with E-state index in [4.69, 9.17) is 0 Å². The first-order valence-electron chi connectivity index (χ1n) is 37.9. The second-order valence-corrected chi connectivity index (χ2v) is 26.6. The van der Waals surface area contributed by atoms with E-state index in [1.165, 1.54) is 437 Å². The van der Waals surface area contributed by atoms with Crippen molar-refractivity contribution in [3.63, 3.8) is 0 Å². The van der Waals surface area contributed by atoms with Crippen molar-refractivity contribution in [2.24, 2.45) is 0 Å². The second-order valence-electron chi connectivity index (χ2n) is 26.6. The maximum absolute atomic E-state index is 2.70. The van der Waals surface area contributed by atoms with E-state index in [2.05, 4.69) is 39.8 Å². The Kier molecular flexibility index (Phi) is 63.1. The summed E-state index contributed by atoms with van der Waals surface area (Å²) in [6.45, 7) is 9.36. The largest absolute Gasteiger partial charge is 0.0654 e. The second kappa shape index (κ2) is 65.4. The first-order valence-corrected chi connectivity index (χ1v) is 37.9. The Hall–Kier alpha value is -0.780. The molecule has 0 spiro atoms. The molecule has 0 saturated carbocycles. The molecular formula is C78H150. The van der Waals surface area contributed by atoms with E-state index in [-0.39, 0.29) is 0 Å². The Morgan fingerprint density at radius 3 is 0.474 bits per heavy atom. The lowest BCUT2D eigenvalue weighted by atomic mass is 9.87. The molecule has 0 aliphatic rings. The molecule has 0 amide bonds. The minimum atomic E-state index is 1.26. The van der Waals surface area contributed by atoms with Crippen molar-refractivity contribution in [2.75, 3.05) is 0 Å². The van der Waals surface area contributed by atoms with Crippen LogP contribution in [0.5, 0.6) is 0 Å². The predicted molar refractivity (Wildman–Crippen MR) is 359 cm³/mol. The van der Waals surface area contributed by atoms with Gasteiger partial charge in [-0.05, 0) is 67.2 Å². The number of benzene rings is 1. The number of unbranched alkanes of at least 4 members (excludes halogenated alkanes) is 60. The van der Waals surface area contributed by atoms with Gasteiger partial charge in [0.1, 0.15) is 0 Å². The maximum atomic E-state index is 2.70. The molecule has 0 aromatic heterocycles. The lowest BCUT2D eigenvalue weighted by Crippen LogP contribution is -2.04. The highest BCUT2D eigenvalue weighted by Crippen LogP contribution is 2.27. The fourth-order valence-electron chi connectivity index (χ4n) is 13.3. The molecule has 78 heavy (non-hydrogen) atoms. The van der Waals surface area contributed by atoms with E-state index in [1.807, 2.05) is 5.56 Å². The highest BCUT2D eigenvalue weighted by atomic mass is 14.2. The summed E-state index contributed by atoms with van der Waals surface area (Å²) >= 11 is 0. The molecule has 0 heteroatoms. The average Bonchev–Trinajstić information content (AvgIpc) is 3.48. The zero-order valence-corrected chi connectivity index (χ0v) is 55.2. The van der Waals surface area contributed by atoms with Crippen LogP contribution in [0.25, 0.3) is 0 Å². The van der Waals surface area contributed by atoms with Crippen LogP contribution < -0.4 is 0 Å². The van der Waals surface area contributed by atoms with Crippen LogP contribution in [0.4, 0.5) is 0 Å². The van der Waals surface area contributed by atoms with Gasteiger partial charge in [-0.3, -0.25) is 0 Å². The summed E-state index contributed by atoms with van der Waals surface area (Å²) in [4.78, 5) is 0. The van der Waals surface area contributed by atoms with Gasteiger partial charge >= 0.3 is 0 Å². The maximum Gasteiger partial charge on any atom is -0.0273 e. The molecular weight excluding hydrogens is 937 g/mol. The highest BCUT2D eigenvalue weighted by Gasteiger charge is 2.12. The number of rotatable bonds is 68. The summed E-state index contributed by atoms with van der Waals surface area (Å²) in [5.41, 5.74) is 7.00. The van der Waals surface area contributed by atoms with Crippen molar-refractivity contribution >= 4 is 0 Å². The van der Waals surface area contributed by atoms with Crippen molar-refractivity contribution in [3.05, 3.63) is 34.4 Å². The molecule has 0 saturated heterocycles. The predicted octanol–water partition coefficient (Wildman–Crippen LogP) is 28.9. The van der Waals surface area contributed by atoms with Crippen molar-refractivity contribution in [2.45, 2.75) is 464 Å². The SMILES string of the molecule is CCCCCCCCCCCCCCCCCCCCCCCc1cc(CCC)cc(CCCCCCCCCCCCCCCCCCCCCCC)c1CCCCCCCCCCCCCCCCCCCCCCC. The molecule has 0 N–H and O–H groups in total. The van der Waals surface area contributed by atoms with Gasteiger partial charge in [-0.2, -0.15) is 0 Å². The Bertz CT molecular complexity index is 1170. The van der Waals surface area contributed by atoms with Gasteiger partial charge < -0.3 is 0 Å². The molecule has 0 aliphatic heterocycles. The third-order valence-corrected chi connectivity index (χ3v) is 18.7. The monoisotopic (exact) mass is 1090 g/mol. The molecule has 0 nitrogen and oxygen atoms in total. The molecule has 1 rings (SSSR count). The Balaban J connectivity index is 2.39. The Labute approximate surface area is 496 Å². The summed E-state index contributed by atoms with van der Waals surface area (Å²) in [5, 5.41) is 0. The average molecular weight is 1090 g/mol. The van der Waals surface area contributed by atoms with Crippen LogP contribution in [0.15, 0.2) is 12.1 Å². The number of hydrogen-bond acceptors (Lipinski definition) is 0. The molecule has 0 aliphatic carbocycles. The first kappa shape index (κ1) is 75.2. The van der Waals surface area contributed by atoms with Gasteiger partial charge in [-0.25, -0.2) is 0 Å². The molecule has 0 heterocycles. The van der Waals surface area contributed by atoms with E-state index >= 15 is 0 Å². The standard InChI is InChI=1S/C78H150/c1-5-9-12-15-18-21-24-27-30-33-36-39-42-45-48-51-54-57-60-63-66-70-76-73-75(69-8-4)74-77(71-67-64-61-58-55-52-49-46-43-40-37-34-31-28-25-22-19-16-13-10-6-2)78(76)72-68-65-62-59-56-53-50-47-44-41-38-35-32-29-26-23-20-17-14-11-7-3/h73-74H,5-72H2,1-4H3. The zero-order chi connectivity index (χ0) is 55.8. The van der Waals surface area contributed by atoms with Crippen LogP contribution in [0.3, 0.4) is 0 Å². The normalized spacial score (nSPS) is 11.7. The number of hydrogen-bond donors (Lipinski definition) is 0. The molecule has 1 aromatic carbocycles. The molecule has 0 bridgehead atoms. The van der Waals surface area contributed by atoms with E-state index in [1.54, 1.807) is 16.7 Å². The van der Waals surface area contributed by atoms with Crippen LogP contribution in [0, 0.1) is 0 Å². The zero-order valence-electron chi connectivity index (χ0n) is 55.2. The summed E-state index contributed by atoms with van der Waals surface area (Å²) in [6.07, 6.45) is 98.9. The number of aryl methyl sites for hydroxylation is 3. The van der Waals surface area contributed by atoms with Gasteiger partial charge in [0.05, 0.1) is 0 Å². The summed E-state index contributed by atoms with van der Waals surface area (Å²) in [5.74, 6) is 0. The quantitative estimate of drug-likeness (QED) is 0.0571. The van der Waals surface area contributed by atoms with Crippen LogP contribution in [-0.2, 0) is 25.7 Å². The Morgan fingerprint density at radius 2 is 0.308 bits per heavy atom. The molecule has 462 valence electrons. The van der Waals surface area contributed by atoms with Gasteiger partial charge in [0.15, 0.2) is 0 Å². The highest BCUT2D eigenvalue weighted by molar-refractivity contribution is 5.40. The van der Waals surface area contributed by atoms with E-state index in [9.17, 15) is 0 Å². The molecule has 0 fully saturated rings. The molecule has 0 atom stereocenters. The topological polar surface area (TPSA) is 0 Å². The van der Waals surface area contributed by atoms with Gasteiger partial charge in [-0.15, -0.1) is 0 Å². The summed E-state index contributed by atoms with van der Waals surface area (Å²) in [7, 11) is 0. The summed E-state index contributed by atoms with van der Waals surface area (Å²) in [6, 6.07) is 5.41. The van der Waals surface area contributed by atoms with Crippen molar-refractivity contribution in [1.29, 1.82) is 0 Å².